The van der Waals surface area contributed by atoms with Gasteiger partial charge in [0.05, 0.1) is 6.10 Å². The minimum Gasteiger partial charge on any atom is -0.389 e. The molecule has 0 bridgehead atoms. The third-order valence-electron chi connectivity index (χ3n) is 1.27. The molecule has 0 unspecified atom stereocenters. The molecule has 1 aromatic heterocycles. The van der Waals surface area contributed by atoms with E-state index < -0.39 is 0 Å². The Balaban J connectivity index is 2.65. The number of hydrogen-bond donors (Lipinski definition) is 1. The predicted octanol–water partition coefficient (Wildman–Crippen LogP) is 1.48. The molecule has 0 amide bonds. The van der Waals surface area contributed by atoms with Gasteiger partial charge in [0.15, 0.2) is 0 Å². The van der Waals surface area contributed by atoms with E-state index in [9.17, 15) is 0 Å². The molecule has 0 saturated carbocycles. The number of aromatic nitrogens is 1. The molecule has 0 aliphatic heterocycles. The molecular formula is C9H11NO. The smallest absolute Gasteiger partial charge is 0.0696 e. The second-order valence-corrected chi connectivity index (χ2v) is 2.38. The highest BCUT2D eigenvalue weighted by Crippen LogP contribution is 1.99. The molecule has 2 heteroatoms. The van der Waals surface area contributed by atoms with Gasteiger partial charge < -0.3 is 5.11 Å². The summed E-state index contributed by atoms with van der Waals surface area (Å²) >= 11 is 0. The van der Waals surface area contributed by atoms with Crippen molar-refractivity contribution < 1.29 is 5.11 Å². The molecule has 2 nitrogen and oxygen atoms in total. The van der Waals surface area contributed by atoms with Crippen molar-refractivity contribution in [2.24, 2.45) is 0 Å². The van der Waals surface area contributed by atoms with E-state index in [1.165, 1.54) is 0 Å². The summed E-state index contributed by atoms with van der Waals surface area (Å²) in [5.41, 5.74) is 1.06. The van der Waals surface area contributed by atoms with Crippen LogP contribution in [0.4, 0.5) is 0 Å². The summed E-state index contributed by atoms with van der Waals surface area (Å²) in [6.07, 6.45) is 6.66. The molecule has 0 aliphatic carbocycles. The number of aliphatic hydroxyl groups excluding tert-OH is 1. The van der Waals surface area contributed by atoms with Crippen molar-refractivity contribution in [1.82, 2.24) is 4.98 Å². The van der Waals surface area contributed by atoms with Gasteiger partial charge in [-0.2, -0.15) is 0 Å². The van der Waals surface area contributed by atoms with Crippen LogP contribution in [-0.2, 0) is 0 Å². The van der Waals surface area contributed by atoms with Crippen LogP contribution in [-0.4, -0.2) is 16.2 Å². The van der Waals surface area contributed by atoms with Crippen molar-refractivity contribution in [3.05, 3.63) is 36.2 Å². The summed E-state index contributed by atoms with van der Waals surface area (Å²) in [5, 5.41) is 8.91. The maximum absolute atomic E-state index is 8.91. The zero-order valence-electron chi connectivity index (χ0n) is 6.44. The Kier molecular flexibility index (Phi) is 2.81. The standard InChI is InChI=1S/C9H11NO/c1-8(11)2-3-9-4-6-10-7-5-9/h2-8,11H,1H3/b3-2+/t8-/m1/s1. The number of aliphatic hydroxyl groups is 1. The molecule has 11 heavy (non-hydrogen) atoms. The molecule has 1 atom stereocenters. The number of nitrogens with zero attached hydrogens (tertiary/aromatic N) is 1. The third-order valence-corrected chi connectivity index (χ3v) is 1.27. The van der Waals surface area contributed by atoms with Crippen LogP contribution in [0.3, 0.4) is 0 Å². The van der Waals surface area contributed by atoms with E-state index in [1.54, 1.807) is 25.4 Å². The van der Waals surface area contributed by atoms with Gasteiger partial charge in [0.25, 0.3) is 0 Å². The monoisotopic (exact) mass is 149 g/mol. The van der Waals surface area contributed by atoms with Crippen LogP contribution in [0.5, 0.6) is 0 Å². The normalized spacial score (nSPS) is 13.6. The first kappa shape index (κ1) is 7.95. The van der Waals surface area contributed by atoms with Gasteiger partial charge in [-0.25, -0.2) is 0 Å². The molecule has 0 aromatic carbocycles. The fourth-order valence-corrected chi connectivity index (χ4v) is 0.725. The molecule has 0 fully saturated rings. The second kappa shape index (κ2) is 3.88. The zero-order chi connectivity index (χ0) is 8.10. The molecule has 0 spiro atoms. The largest absolute Gasteiger partial charge is 0.389 e. The van der Waals surface area contributed by atoms with Crippen LogP contribution >= 0.6 is 0 Å². The molecule has 1 N–H and O–H groups in total. The quantitative estimate of drug-likeness (QED) is 0.690. The first-order chi connectivity index (χ1) is 5.29. The summed E-state index contributed by atoms with van der Waals surface area (Å²) in [6.45, 7) is 1.72. The van der Waals surface area contributed by atoms with Crippen LogP contribution in [0.1, 0.15) is 12.5 Å². The van der Waals surface area contributed by atoms with Crippen molar-refractivity contribution in [1.29, 1.82) is 0 Å². The lowest BCUT2D eigenvalue weighted by molar-refractivity contribution is 0.245. The Bertz CT molecular complexity index is 229. The summed E-state index contributed by atoms with van der Waals surface area (Å²) in [5.74, 6) is 0. The Morgan fingerprint density at radius 3 is 2.64 bits per heavy atom. The SMILES string of the molecule is C[C@@H](O)/C=C/c1ccncc1. The summed E-state index contributed by atoms with van der Waals surface area (Å²) in [6, 6.07) is 3.78. The Hall–Kier alpha value is -1.15. The molecule has 1 rings (SSSR count). The third kappa shape index (κ3) is 2.96. The van der Waals surface area contributed by atoms with Crippen molar-refractivity contribution in [2.75, 3.05) is 0 Å². The molecule has 0 radical (unpaired) electrons. The van der Waals surface area contributed by atoms with Gasteiger partial charge in [-0.05, 0) is 24.6 Å². The van der Waals surface area contributed by atoms with Crippen LogP contribution in [0.25, 0.3) is 6.08 Å². The van der Waals surface area contributed by atoms with E-state index in [-0.39, 0.29) is 6.10 Å². The van der Waals surface area contributed by atoms with Crippen molar-refractivity contribution in [3.8, 4) is 0 Å². The van der Waals surface area contributed by atoms with Crippen molar-refractivity contribution >= 4 is 6.08 Å². The lowest BCUT2D eigenvalue weighted by Crippen LogP contribution is -1.91. The van der Waals surface area contributed by atoms with Crippen LogP contribution in [0.2, 0.25) is 0 Å². The van der Waals surface area contributed by atoms with Crippen LogP contribution in [0.15, 0.2) is 30.6 Å². The van der Waals surface area contributed by atoms with E-state index in [0.717, 1.165) is 5.56 Å². The van der Waals surface area contributed by atoms with Gasteiger partial charge in [-0.1, -0.05) is 12.2 Å². The molecule has 0 aliphatic rings. The lowest BCUT2D eigenvalue weighted by Gasteiger charge is -1.93. The van der Waals surface area contributed by atoms with E-state index in [4.69, 9.17) is 5.11 Å². The maximum Gasteiger partial charge on any atom is 0.0696 e. The Labute approximate surface area is 66.2 Å². The summed E-state index contributed by atoms with van der Waals surface area (Å²) in [4.78, 5) is 3.88. The van der Waals surface area contributed by atoms with Gasteiger partial charge in [0, 0.05) is 12.4 Å². The molecule has 1 aromatic rings. The number of pyridine rings is 1. The number of hydrogen-bond acceptors (Lipinski definition) is 2. The van der Waals surface area contributed by atoms with Crippen LogP contribution < -0.4 is 0 Å². The first-order valence-electron chi connectivity index (χ1n) is 3.55. The average Bonchev–Trinajstić information content (AvgIpc) is 2.03. The van der Waals surface area contributed by atoms with E-state index >= 15 is 0 Å². The fourth-order valence-electron chi connectivity index (χ4n) is 0.725. The fraction of sp³-hybridized carbons (Fsp3) is 0.222. The zero-order valence-corrected chi connectivity index (χ0v) is 6.44. The van der Waals surface area contributed by atoms with E-state index in [0.29, 0.717) is 0 Å². The van der Waals surface area contributed by atoms with Gasteiger partial charge in [0.2, 0.25) is 0 Å². The Morgan fingerprint density at radius 1 is 1.45 bits per heavy atom. The Morgan fingerprint density at radius 2 is 2.09 bits per heavy atom. The highest BCUT2D eigenvalue weighted by molar-refractivity contribution is 5.48. The molecular weight excluding hydrogens is 138 g/mol. The second-order valence-electron chi connectivity index (χ2n) is 2.38. The van der Waals surface area contributed by atoms with Crippen LogP contribution in [0, 0.1) is 0 Å². The predicted molar refractivity (Wildman–Crippen MR) is 45.0 cm³/mol. The molecule has 0 saturated heterocycles. The molecule has 58 valence electrons. The maximum atomic E-state index is 8.91. The van der Waals surface area contributed by atoms with E-state index in [2.05, 4.69) is 4.98 Å². The minimum absolute atomic E-state index is 0.386. The topological polar surface area (TPSA) is 33.1 Å². The number of rotatable bonds is 2. The van der Waals surface area contributed by atoms with E-state index in [1.807, 2.05) is 18.2 Å². The highest BCUT2D eigenvalue weighted by atomic mass is 16.3. The summed E-state index contributed by atoms with van der Waals surface area (Å²) in [7, 11) is 0. The average molecular weight is 149 g/mol. The van der Waals surface area contributed by atoms with Crippen molar-refractivity contribution in [2.45, 2.75) is 13.0 Å². The molecule has 1 heterocycles. The van der Waals surface area contributed by atoms with Gasteiger partial charge in [-0.15, -0.1) is 0 Å². The van der Waals surface area contributed by atoms with Gasteiger partial charge in [0.1, 0.15) is 0 Å². The van der Waals surface area contributed by atoms with Crippen molar-refractivity contribution in [3.63, 3.8) is 0 Å². The van der Waals surface area contributed by atoms with Gasteiger partial charge in [-0.3, -0.25) is 4.98 Å². The summed E-state index contributed by atoms with van der Waals surface area (Å²) < 4.78 is 0. The lowest BCUT2D eigenvalue weighted by atomic mass is 10.2. The van der Waals surface area contributed by atoms with Gasteiger partial charge >= 0.3 is 0 Å². The first-order valence-corrected chi connectivity index (χ1v) is 3.55. The minimum atomic E-state index is -0.386. The highest BCUT2D eigenvalue weighted by Gasteiger charge is 1.86.